The fourth-order valence-electron chi connectivity index (χ4n) is 3.57. The number of hydrogen-bond donors (Lipinski definition) is 2. The van der Waals surface area contributed by atoms with Crippen LogP contribution in [0.3, 0.4) is 0 Å². The van der Waals surface area contributed by atoms with E-state index in [9.17, 15) is 27.1 Å². The summed E-state index contributed by atoms with van der Waals surface area (Å²) in [5.41, 5.74) is -2.45. The topological polar surface area (TPSA) is 67.3 Å². The van der Waals surface area contributed by atoms with Gasteiger partial charge in [-0.2, -0.15) is 13.2 Å². The standard InChI is InChI=1S/C19H19ClF5N3O2/c1-10-5-18(29,11-2-3-15(17(21)22)26-7-11)6-12(28-10)9-30-13-4-14(19(23,24)25)16(20)27-8-13/h2-4,7-8,10,12,17,28-29H,5-6,9H2,1H3/t10-,12-,18-/m0/s1. The second kappa shape index (κ2) is 8.60. The molecule has 164 valence electrons. The Kier molecular flexibility index (Phi) is 6.49. The number of piperidine rings is 1. The minimum atomic E-state index is -4.67. The molecule has 0 radical (unpaired) electrons. The van der Waals surface area contributed by atoms with Gasteiger partial charge in [-0.15, -0.1) is 0 Å². The first-order valence-electron chi connectivity index (χ1n) is 9.06. The Bertz CT molecular complexity index is 881. The lowest BCUT2D eigenvalue weighted by Crippen LogP contribution is -2.53. The molecule has 2 aromatic heterocycles. The average Bonchev–Trinajstić information content (AvgIpc) is 2.66. The first-order valence-corrected chi connectivity index (χ1v) is 9.44. The van der Waals surface area contributed by atoms with Crippen molar-refractivity contribution in [3.05, 3.63) is 52.6 Å². The van der Waals surface area contributed by atoms with Gasteiger partial charge in [0.15, 0.2) is 0 Å². The summed E-state index contributed by atoms with van der Waals surface area (Å²) in [5, 5.41) is 13.6. The van der Waals surface area contributed by atoms with Gasteiger partial charge in [0, 0.05) is 23.8 Å². The lowest BCUT2D eigenvalue weighted by Gasteiger charge is -2.41. The lowest BCUT2D eigenvalue weighted by atomic mass is 9.79. The number of pyridine rings is 2. The molecule has 2 aromatic rings. The largest absolute Gasteiger partial charge is 0.490 e. The summed E-state index contributed by atoms with van der Waals surface area (Å²) in [6, 6.07) is 2.75. The van der Waals surface area contributed by atoms with E-state index in [0.717, 1.165) is 18.3 Å². The maximum Gasteiger partial charge on any atom is 0.419 e. The van der Waals surface area contributed by atoms with Crippen LogP contribution in [-0.4, -0.2) is 33.8 Å². The number of hydrogen-bond acceptors (Lipinski definition) is 5. The van der Waals surface area contributed by atoms with Crippen LogP contribution in [0.4, 0.5) is 22.0 Å². The molecule has 11 heteroatoms. The Hall–Kier alpha value is -2.04. The maximum absolute atomic E-state index is 13.0. The van der Waals surface area contributed by atoms with Gasteiger partial charge >= 0.3 is 6.18 Å². The van der Waals surface area contributed by atoms with Crippen LogP contribution in [0.25, 0.3) is 0 Å². The van der Waals surface area contributed by atoms with Crippen molar-refractivity contribution in [3.8, 4) is 5.75 Å². The molecule has 0 bridgehead atoms. The zero-order valence-electron chi connectivity index (χ0n) is 15.8. The van der Waals surface area contributed by atoms with Crippen molar-refractivity contribution in [1.29, 1.82) is 0 Å². The smallest absolute Gasteiger partial charge is 0.419 e. The molecule has 30 heavy (non-hydrogen) atoms. The average molecular weight is 452 g/mol. The zero-order chi connectivity index (χ0) is 22.1. The Morgan fingerprint density at radius 1 is 1.27 bits per heavy atom. The van der Waals surface area contributed by atoms with Gasteiger partial charge in [0.05, 0.1) is 17.4 Å². The molecule has 0 amide bonds. The summed E-state index contributed by atoms with van der Waals surface area (Å²) in [5.74, 6) is -0.113. The first kappa shape index (κ1) is 22.6. The first-order chi connectivity index (χ1) is 14.0. The Morgan fingerprint density at radius 2 is 2.00 bits per heavy atom. The number of rotatable bonds is 5. The quantitative estimate of drug-likeness (QED) is 0.518. The van der Waals surface area contributed by atoms with E-state index in [-0.39, 0.29) is 30.5 Å². The molecule has 3 rings (SSSR count). The molecule has 1 aliphatic rings. The molecule has 3 heterocycles. The van der Waals surface area contributed by atoms with Crippen LogP contribution in [0, 0.1) is 0 Å². The van der Waals surface area contributed by atoms with Crippen molar-refractivity contribution < 1.29 is 31.8 Å². The highest BCUT2D eigenvalue weighted by Gasteiger charge is 2.40. The van der Waals surface area contributed by atoms with E-state index in [0.29, 0.717) is 12.0 Å². The van der Waals surface area contributed by atoms with Gasteiger partial charge < -0.3 is 15.2 Å². The lowest BCUT2D eigenvalue weighted by molar-refractivity contribution is -0.137. The zero-order valence-corrected chi connectivity index (χ0v) is 16.5. The number of aliphatic hydroxyl groups is 1. The molecule has 0 aliphatic carbocycles. The number of ether oxygens (including phenoxy) is 1. The minimum Gasteiger partial charge on any atom is -0.490 e. The van der Waals surface area contributed by atoms with Crippen LogP contribution < -0.4 is 10.1 Å². The van der Waals surface area contributed by atoms with Crippen LogP contribution in [0.5, 0.6) is 5.75 Å². The van der Waals surface area contributed by atoms with E-state index in [4.69, 9.17) is 16.3 Å². The molecular formula is C19H19ClF5N3O2. The fraction of sp³-hybridized carbons (Fsp3) is 0.474. The van der Waals surface area contributed by atoms with E-state index >= 15 is 0 Å². The van der Waals surface area contributed by atoms with Crippen molar-refractivity contribution in [2.75, 3.05) is 6.61 Å². The van der Waals surface area contributed by atoms with Crippen LogP contribution in [-0.2, 0) is 11.8 Å². The Morgan fingerprint density at radius 3 is 2.60 bits per heavy atom. The number of halogens is 6. The number of alkyl halides is 5. The predicted molar refractivity (Wildman–Crippen MR) is 98.5 cm³/mol. The molecule has 0 unspecified atom stereocenters. The third kappa shape index (κ3) is 5.16. The Balaban J connectivity index is 1.72. The second-order valence-electron chi connectivity index (χ2n) is 7.30. The molecule has 1 fully saturated rings. The number of nitrogens with zero attached hydrogens (tertiary/aromatic N) is 2. The summed E-state index contributed by atoms with van der Waals surface area (Å²) in [7, 11) is 0. The fourth-order valence-corrected chi connectivity index (χ4v) is 3.78. The van der Waals surface area contributed by atoms with E-state index < -0.39 is 35.0 Å². The van der Waals surface area contributed by atoms with Gasteiger partial charge in [-0.1, -0.05) is 17.7 Å². The Labute approximate surface area is 174 Å². The summed E-state index contributed by atoms with van der Waals surface area (Å²) < 4.78 is 69.8. The van der Waals surface area contributed by atoms with Gasteiger partial charge in [0.1, 0.15) is 23.2 Å². The predicted octanol–water partition coefficient (Wildman–Crippen LogP) is 4.49. The number of aromatic nitrogens is 2. The van der Waals surface area contributed by atoms with Gasteiger partial charge in [-0.25, -0.2) is 13.8 Å². The van der Waals surface area contributed by atoms with Crippen LogP contribution >= 0.6 is 11.6 Å². The van der Waals surface area contributed by atoms with Gasteiger partial charge in [0.2, 0.25) is 0 Å². The highest BCUT2D eigenvalue weighted by molar-refractivity contribution is 6.30. The van der Waals surface area contributed by atoms with Crippen molar-refractivity contribution >= 4 is 11.6 Å². The van der Waals surface area contributed by atoms with Crippen LogP contribution in [0.15, 0.2) is 30.6 Å². The van der Waals surface area contributed by atoms with Crippen molar-refractivity contribution in [2.45, 2.75) is 50.1 Å². The SMILES string of the molecule is C[C@H]1C[C@@](O)(c2ccc(C(F)F)nc2)C[C@@H](COc2cnc(Cl)c(C(F)(F)F)c2)N1. The van der Waals surface area contributed by atoms with Crippen LogP contribution in [0.1, 0.15) is 43.0 Å². The highest BCUT2D eigenvalue weighted by atomic mass is 35.5. The molecule has 2 N–H and O–H groups in total. The van der Waals surface area contributed by atoms with E-state index in [1.165, 1.54) is 12.3 Å². The summed E-state index contributed by atoms with van der Waals surface area (Å²) >= 11 is 5.50. The van der Waals surface area contributed by atoms with Crippen LogP contribution in [0.2, 0.25) is 5.15 Å². The van der Waals surface area contributed by atoms with Crippen molar-refractivity contribution in [3.63, 3.8) is 0 Å². The molecule has 0 aromatic carbocycles. The summed E-state index contributed by atoms with van der Waals surface area (Å²) in [6.07, 6.45) is -4.62. The number of nitrogens with one attached hydrogen (secondary N) is 1. The van der Waals surface area contributed by atoms with E-state index in [2.05, 4.69) is 15.3 Å². The van der Waals surface area contributed by atoms with Crippen molar-refractivity contribution in [2.24, 2.45) is 0 Å². The van der Waals surface area contributed by atoms with E-state index in [1.54, 1.807) is 0 Å². The highest BCUT2D eigenvalue weighted by Crippen LogP contribution is 2.37. The molecule has 3 atom stereocenters. The molecule has 1 aliphatic heterocycles. The maximum atomic E-state index is 13.0. The molecule has 5 nitrogen and oxygen atoms in total. The third-order valence-electron chi connectivity index (χ3n) is 4.87. The molecule has 0 spiro atoms. The minimum absolute atomic E-state index is 0.0458. The molecule has 1 saturated heterocycles. The monoisotopic (exact) mass is 451 g/mol. The van der Waals surface area contributed by atoms with E-state index in [1.807, 2.05) is 6.92 Å². The molecule has 0 saturated carbocycles. The summed E-state index contributed by atoms with van der Waals surface area (Å²) in [6.45, 7) is 1.78. The third-order valence-corrected chi connectivity index (χ3v) is 5.17. The van der Waals surface area contributed by atoms with Gasteiger partial charge in [0.25, 0.3) is 6.43 Å². The van der Waals surface area contributed by atoms with Crippen molar-refractivity contribution in [1.82, 2.24) is 15.3 Å². The van der Waals surface area contributed by atoms with Gasteiger partial charge in [-0.3, -0.25) is 4.98 Å². The normalized spacial score (nSPS) is 24.8. The second-order valence-corrected chi connectivity index (χ2v) is 7.65. The summed E-state index contributed by atoms with van der Waals surface area (Å²) in [4.78, 5) is 7.20. The molecular weight excluding hydrogens is 433 g/mol. The van der Waals surface area contributed by atoms with Gasteiger partial charge in [-0.05, 0) is 31.9 Å².